The summed E-state index contributed by atoms with van der Waals surface area (Å²) in [5.74, 6) is 0.161. The first-order valence-electron chi connectivity index (χ1n) is 6.54. The third kappa shape index (κ3) is 4.94. The molecule has 0 spiro atoms. The molecule has 4 nitrogen and oxygen atoms in total. The number of nitrogens with one attached hydrogen (secondary N) is 1. The van der Waals surface area contributed by atoms with E-state index in [0.29, 0.717) is 12.6 Å². The lowest BCUT2D eigenvalue weighted by Crippen LogP contribution is -2.40. The Hall–Kier alpha value is -0.130. The van der Waals surface area contributed by atoms with E-state index in [1.165, 1.54) is 0 Å². The highest BCUT2D eigenvalue weighted by Gasteiger charge is 2.30. The summed E-state index contributed by atoms with van der Waals surface area (Å²) in [5, 5.41) is 3.27. The number of rotatable bonds is 7. The second-order valence-electron chi connectivity index (χ2n) is 4.80. The topological polar surface area (TPSA) is 55.4 Å². The molecule has 1 aliphatic carbocycles. The number of hydrogen-bond donors (Lipinski definition) is 1. The van der Waals surface area contributed by atoms with Crippen molar-refractivity contribution in [3.05, 3.63) is 0 Å². The van der Waals surface area contributed by atoms with Crippen LogP contribution in [0.4, 0.5) is 0 Å². The molecule has 2 unspecified atom stereocenters. The smallest absolute Gasteiger partial charge is 0.155 e. The van der Waals surface area contributed by atoms with E-state index >= 15 is 0 Å². The van der Waals surface area contributed by atoms with Gasteiger partial charge in [-0.05, 0) is 32.2 Å². The van der Waals surface area contributed by atoms with Gasteiger partial charge in [0.25, 0.3) is 0 Å². The third-order valence-corrected chi connectivity index (χ3v) is 5.57. The van der Waals surface area contributed by atoms with Gasteiger partial charge in [-0.2, -0.15) is 0 Å². The summed E-state index contributed by atoms with van der Waals surface area (Å²) in [6.45, 7) is 3.42. The Morgan fingerprint density at radius 3 is 2.76 bits per heavy atom. The molecule has 0 radical (unpaired) electrons. The van der Waals surface area contributed by atoms with Crippen LogP contribution in [0.2, 0.25) is 0 Å². The van der Waals surface area contributed by atoms with Gasteiger partial charge in [-0.25, -0.2) is 8.42 Å². The quantitative estimate of drug-likeness (QED) is 0.753. The molecule has 1 rings (SSSR count). The maximum atomic E-state index is 12.1. The van der Waals surface area contributed by atoms with Gasteiger partial charge in [-0.1, -0.05) is 13.3 Å². The molecular formula is C12H25NO3S. The van der Waals surface area contributed by atoms with Gasteiger partial charge in [0, 0.05) is 13.2 Å². The van der Waals surface area contributed by atoms with Gasteiger partial charge < -0.3 is 10.1 Å². The Morgan fingerprint density at radius 2 is 2.12 bits per heavy atom. The van der Waals surface area contributed by atoms with E-state index in [2.05, 4.69) is 12.2 Å². The van der Waals surface area contributed by atoms with Gasteiger partial charge in [0.15, 0.2) is 9.84 Å². The van der Waals surface area contributed by atoms with E-state index in [4.69, 9.17) is 4.74 Å². The number of methoxy groups -OCH3 is 1. The second kappa shape index (κ2) is 7.34. The maximum absolute atomic E-state index is 12.1. The third-order valence-electron chi connectivity index (χ3n) is 3.39. The zero-order valence-electron chi connectivity index (χ0n) is 10.9. The number of hydrogen-bond acceptors (Lipinski definition) is 4. The molecule has 0 bridgehead atoms. The van der Waals surface area contributed by atoms with Crippen molar-refractivity contribution in [1.29, 1.82) is 0 Å². The summed E-state index contributed by atoms with van der Waals surface area (Å²) in [5.41, 5.74) is 0. The summed E-state index contributed by atoms with van der Waals surface area (Å²) in [4.78, 5) is 0. The van der Waals surface area contributed by atoms with Crippen LogP contribution in [-0.2, 0) is 14.6 Å². The Morgan fingerprint density at radius 1 is 1.35 bits per heavy atom. The predicted octanol–water partition coefficient (Wildman–Crippen LogP) is 1.36. The van der Waals surface area contributed by atoms with Crippen molar-refractivity contribution >= 4 is 9.84 Å². The lowest BCUT2D eigenvalue weighted by atomic mass is 9.95. The van der Waals surface area contributed by atoms with Crippen LogP contribution in [0.5, 0.6) is 0 Å². The summed E-state index contributed by atoms with van der Waals surface area (Å²) in [7, 11) is -1.42. The van der Waals surface area contributed by atoms with E-state index in [1.54, 1.807) is 7.11 Å². The van der Waals surface area contributed by atoms with Crippen LogP contribution >= 0.6 is 0 Å². The minimum absolute atomic E-state index is 0.161. The maximum Gasteiger partial charge on any atom is 0.155 e. The summed E-state index contributed by atoms with van der Waals surface area (Å²) in [6, 6.07) is 0.381. The largest absolute Gasteiger partial charge is 0.384 e. The number of sulfone groups is 1. The zero-order chi connectivity index (χ0) is 12.7. The molecular weight excluding hydrogens is 238 g/mol. The van der Waals surface area contributed by atoms with Crippen LogP contribution in [0.15, 0.2) is 0 Å². The van der Waals surface area contributed by atoms with Crippen molar-refractivity contribution in [3.8, 4) is 0 Å². The summed E-state index contributed by atoms with van der Waals surface area (Å²) in [6.07, 6.45) is 4.80. The Balaban J connectivity index is 2.47. The molecule has 0 heterocycles. The van der Waals surface area contributed by atoms with Crippen LogP contribution in [-0.4, -0.2) is 45.7 Å². The molecule has 1 N–H and O–H groups in total. The molecule has 5 heteroatoms. The van der Waals surface area contributed by atoms with Gasteiger partial charge in [-0.3, -0.25) is 0 Å². The van der Waals surface area contributed by atoms with Crippen LogP contribution in [0.25, 0.3) is 0 Å². The van der Waals surface area contributed by atoms with Gasteiger partial charge in [0.2, 0.25) is 0 Å². The van der Waals surface area contributed by atoms with Crippen molar-refractivity contribution in [1.82, 2.24) is 5.32 Å². The normalized spacial score (nSPS) is 26.0. The average molecular weight is 263 g/mol. The van der Waals surface area contributed by atoms with E-state index in [1.807, 2.05) is 0 Å². The van der Waals surface area contributed by atoms with E-state index in [-0.39, 0.29) is 11.0 Å². The molecule has 1 aliphatic rings. The molecule has 0 aromatic rings. The van der Waals surface area contributed by atoms with Gasteiger partial charge in [0.05, 0.1) is 17.6 Å². The first-order valence-corrected chi connectivity index (χ1v) is 8.25. The predicted molar refractivity (Wildman–Crippen MR) is 70.0 cm³/mol. The van der Waals surface area contributed by atoms with E-state index in [0.717, 1.165) is 38.6 Å². The molecule has 0 aromatic heterocycles. The van der Waals surface area contributed by atoms with Crippen molar-refractivity contribution < 1.29 is 13.2 Å². The minimum Gasteiger partial charge on any atom is -0.384 e. The monoisotopic (exact) mass is 263 g/mol. The minimum atomic E-state index is -2.97. The van der Waals surface area contributed by atoms with Crippen LogP contribution in [0.3, 0.4) is 0 Å². The molecule has 0 saturated heterocycles. The SMILES string of the molecule is CCCNC1CCCC(S(=O)(=O)CCOC)C1. The second-order valence-corrected chi connectivity index (χ2v) is 7.20. The fourth-order valence-electron chi connectivity index (χ4n) is 2.37. The average Bonchev–Trinajstić information content (AvgIpc) is 2.34. The Labute approximate surface area is 105 Å². The molecule has 2 atom stereocenters. The Kier molecular flexibility index (Phi) is 6.44. The summed E-state index contributed by atoms with van der Waals surface area (Å²) < 4.78 is 29.0. The molecule has 0 amide bonds. The lowest BCUT2D eigenvalue weighted by Gasteiger charge is -2.29. The molecule has 0 aromatic carbocycles. The molecule has 1 saturated carbocycles. The standard InChI is InChI=1S/C12H25NO3S/c1-3-7-13-11-5-4-6-12(10-11)17(14,15)9-8-16-2/h11-13H,3-10H2,1-2H3. The highest BCUT2D eigenvalue weighted by Crippen LogP contribution is 2.24. The molecule has 17 heavy (non-hydrogen) atoms. The fraction of sp³-hybridized carbons (Fsp3) is 1.00. The highest BCUT2D eigenvalue weighted by molar-refractivity contribution is 7.92. The van der Waals surface area contributed by atoms with Crippen molar-refractivity contribution in [2.45, 2.75) is 50.3 Å². The first-order chi connectivity index (χ1) is 8.10. The van der Waals surface area contributed by atoms with E-state index < -0.39 is 9.84 Å². The lowest BCUT2D eigenvalue weighted by molar-refractivity contribution is 0.216. The molecule has 102 valence electrons. The number of ether oxygens (including phenoxy) is 1. The Bertz CT molecular complexity index is 303. The van der Waals surface area contributed by atoms with Gasteiger partial charge in [-0.15, -0.1) is 0 Å². The van der Waals surface area contributed by atoms with Gasteiger partial charge in [0.1, 0.15) is 0 Å². The highest BCUT2D eigenvalue weighted by atomic mass is 32.2. The van der Waals surface area contributed by atoms with Crippen LogP contribution < -0.4 is 5.32 Å². The molecule has 1 fully saturated rings. The molecule has 0 aliphatic heterocycles. The zero-order valence-corrected chi connectivity index (χ0v) is 11.8. The van der Waals surface area contributed by atoms with Crippen LogP contribution in [0, 0.1) is 0 Å². The van der Waals surface area contributed by atoms with Crippen molar-refractivity contribution in [3.63, 3.8) is 0 Å². The summed E-state index contributed by atoms with van der Waals surface area (Å²) >= 11 is 0. The fourth-order valence-corrected chi connectivity index (χ4v) is 4.15. The van der Waals surface area contributed by atoms with Crippen molar-refractivity contribution in [2.75, 3.05) is 26.0 Å². The first kappa shape index (κ1) is 14.9. The van der Waals surface area contributed by atoms with Crippen molar-refractivity contribution in [2.24, 2.45) is 0 Å². The van der Waals surface area contributed by atoms with Gasteiger partial charge >= 0.3 is 0 Å². The van der Waals surface area contributed by atoms with E-state index in [9.17, 15) is 8.42 Å². The van der Waals surface area contributed by atoms with Crippen LogP contribution in [0.1, 0.15) is 39.0 Å².